The summed E-state index contributed by atoms with van der Waals surface area (Å²) >= 11 is 0. The first-order valence-electron chi connectivity index (χ1n) is 6.80. The zero-order valence-electron chi connectivity index (χ0n) is 12.8. The van der Waals surface area contributed by atoms with Gasteiger partial charge in [0.1, 0.15) is 0 Å². The number of hydrogen-bond acceptors (Lipinski definition) is 3. The molecular formula is C14H33N3. The molecule has 3 nitrogen and oxygen atoms in total. The van der Waals surface area contributed by atoms with Crippen molar-refractivity contribution in [2.45, 2.75) is 33.2 Å². The van der Waals surface area contributed by atoms with Gasteiger partial charge in [-0.25, -0.2) is 0 Å². The molecule has 104 valence electrons. The zero-order valence-corrected chi connectivity index (χ0v) is 12.8. The van der Waals surface area contributed by atoms with E-state index in [1.54, 1.807) is 0 Å². The van der Waals surface area contributed by atoms with Crippen molar-refractivity contribution in [1.82, 2.24) is 15.1 Å². The first-order valence-corrected chi connectivity index (χ1v) is 6.80. The highest BCUT2D eigenvalue weighted by molar-refractivity contribution is 4.82. The molecule has 0 bridgehead atoms. The Morgan fingerprint density at radius 1 is 1.12 bits per heavy atom. The van der Waals surface area contributed by atoms with E-state index >= 15 is 0 Å². The first-order chi connectivity index (χ1) is 8.13. The van der Waals surface area contributed by atoms with Crippen molar-refractivity contribution < 1.29 is 0 Å². The topological polar surface area (TPSA) is 18.5 Å². The van der Waals surface area contributed by atoms with Crippen molar-refractivity contribution in [3.8, 4) is 0 Å². The van der Waals surface area contributed by atoms with Gasteiger partial charge in [-0.3, -0.25) is 0 Å². The Bertz CT molecular complexity index is 138. The highest BCUT2D eigenvalue weighted by Crippen LogP contribution is 1.93. The van der Waals surface area contributed by atoms with Crippen LogP contribution in [-0.4, -0.2) is 63.2 Å². The Kier molecular flexibility index (Phi) is 15.3. The quantitative estimate of drug-likeness (QED) is 0.766. The lowest BCUT2D eigenvalue weighted by Gasteiger charge is -2.28. The summed E-state index contributed by atoms with van der Waals surface area (Å²) in [4.78, 5) is 4.72. The highest BCUT2D eigenvalue weighted by atomic mass is 15.2. The van der Waals surface area contributed by atoms with Crippen molar-refractivity contribution in [2.75, 3.05) is 47.3 Å². The van der Waals surface area contributed by atoms with Crippen LogP contribution in [0.1, 0.15) is 27.2 Å². The first kappa shape index (κ1) is 19.0. The predicted molar refractivity (Wildman–Crippen MR) is 79.7 cm³/mol. The average Bonchev–Trinajstić information content (AvgIpc) is 2.38. The molecule has 0 amide bonds. The van der Waals surface area contributed by atoms with Gasteiger partial charge in [-0.05, 0) is 27.6 Å². The van der Waals surface area contributed by atoms with Crippen molar-refractivity contribution in [1.29, 1.82) is 0 Å². The van der Waals surface area contributed by atoms with E-state index in [9.17, 15) is 0 Å². The summed E-state index contributed by atoms with van der Waals surface area (Å²) in [7, 11) is 6.29. The number of piperazine rings is 1. The van der Waals surface area contributed by atoms with Gasteiger partial charge in [0.15, 0.2) is 0 Å². The van der Waals surface area contributed by atoms with Crippen LogP contribution < -0.4 is 5.32 Å². The van der Waals surface area contributed by atoms with Crippen LogP contribution in [0.4, 0.5) is 0 Å². The van der Waals surface area contributed by atoms with Gasteiger partial charge in [0.25, 0.3) is 0 Å². The summed E-state index contributed by atoms with van der Waals surface area (Å²) in [6.07, 6.45) is 3.04. The molecule has 17 heavy (non-hydrogen) atoms. The van der Waals surface area contributed by atoms with Crippen LogP contribution in [-0.2, 0) is 0 Å². The Labute approximate surface area is 109 Å². The van der Waals surface area contributed by atoms with Gasteiger partial charge in [-0.1, -0.05) is 26.8 Å². The van der Waals surface area contributed by atoms with E-state index in [1.807, 2.05) is 27.0 Å². The number of likely N-dealkylation sites (N-methyl/N-ethyl adjacent to an activating group) is 3. The van der Waals surface area contributed by atoms with E-state index in [-0.39, 0.29) is 0 Å². The molecule has 1 aliphatic heterocycles. The Morgan fingerprint density at radius 2 is 1.47 bits per heavy atom. The fourth-order valence-electron chi connectivity index (χ4n) is 1.40. The van der Waals surface area contributed by atoms with Crippen molar-refractivity contribution in [3.05, 3.63) is 12.7 Å². The smallest absolute Gasteiger partial charge is 0.0241 e. The van der Waals surface area contributed by atoms with Gasteiger partial charge < -0.3 is 15.1 Å². The minimum atomic E-state index is 0.500. The molecule has 0 spiro atoms. The van der Waals surface area contributed by atoms with Crippen LogP contribution in [0, 0.1) is 0 Å². The Balaban J connectivity index is 0. The number of nitrogens with one attached hydrogen (secondary N) is 1. The fourth-order valence-corrected chi connectivity index (χ4v) is 1.40. The molecule has 0 aromatic rings. The maximum absolute atomic E-state index is 3.64. The normalized spacial score (nSPS) is 18.2. The molecule has 1 heterocycles. The molecule has 1 N–H and O–H groups in total. The summed E-state index contributed by atoms with van der Waals surface area (Å²) in [5.74, 6) is 0. The summed E-state index contributed by atoms with van der Waals surface area (Å²) in [6, 6.07) is 0.500. The van der Waals surface area contributed by atoms with E-state index in [0.717, 1.165) is 6.42 Å². The van der Waals surface area contributed by atoms with E-state index in [0.29, 0.717) is 6.04 Å². The maximum atomic E-state index is 3.64. The third-order valence-electron chi connectivity index (χ3n) is 2.82. The van der Waals surface area contributed by atoms with Crippen LogP contribution in [0.2, 0.25) is 0 Å². The second-order valence-corrected chi connectivity index (χ2v) is 4.15. The van der Waals surface area contributed by atoms with Crippen LogP contribution in [0.25, 0.3) is 0 Å². The molecule has 1 saturated heterocycles. The molecule has 0 radical (unpaired) electrons. The van der Waals surface area contributed by atoms with Crippen molar-refractivity contribution >= 4 is 0 Å². The van der Waals surface area contributed by atoms with Gasteiger partial charge in [0.2, 0.25) is 0 Å². The fraction of sp³-hybridized carbons (Fsp3) is 0.857. The monoisotopic (exact) mass is 243 g/mol. The Morgan fingerprint density at radius 3 is 1.59 bits per heavy atom. The van der Waals surface area contributed by atoms with Gasteiger partial charge in [0, 0.05) is 32.2 Å². The lowest BCUT2D eigenvalue weighted by Crippen LogP contribution is -2.42. The van der Waals surface area contributed by atoms with Gasteiger partial charge in [-0.2, -0.15) is 0 Å². The number of nitrogens with zero attached hydrogens (tertiary/aromatic N) is 2. The van der Waals surface area contributed by atoms with Gasteiger partial charge >= 0.3 is 0 Å². The maximum Gasteiger partial charge on any atom is 0.0241 e. The van der Waals surface area contributed by atoms with Gasteiger partial charge in [0.05, 0.1) is 0 Å². The molecule has 0 aromatic carbocycles. The third-order valence-corrected chi connectivity index (χ3v) is 2.82. The van der Waals surface area contributed by atoms with Crippen molar-refractivity contribution in [2.24, 2.45) is 0 Å². The molecular weight excluding hydrogens is 210 g/mol. The largest absolute Gasteiger partial charge is 0.314 e. The SMILES string of the molecule is C=CC(CC)NC.CC.CN1CCN(C)CC1. The average molecular weight is 243 g/mol. The Hall–Kier alpha value is -0.380. The van der Waals surface area contributed by atoms with Crippen LogP contribution in [0.15, 0.2) is 12.7 Å². The molecule has 1 atom stereocenters. The second kappa shape index (κ2) is 13.7. The summed E-state index contributed by atoms with van der Waals surface area (Å²) in [5.41, 5.74) is 0. The van der Waals surface area contributed by atoms with E-state index in [4.69, 9.17) is 0 Å². The van der Waals surface area contributed by atoms with E-state index in [2.05, 4.69) is 42.7 Å². The van der Waals surface area contributed by atoms with E-state index in [1.165, 1.54) is 26.2 Å². The standard InChI is InChI=1S/C6H14N2.C6H13N.C2H6/c1-7-3-5-8(2)6-4-7;1-4-6(5-2)7-3;1-2/h3-6H2,1-2H3;4,6-7H,1,5H2,2-3H3;1-2H3. The van der Waals surface area contributed by atoms with Crippen LogP contribution in [0.5, 0.6) is 0 Å². The highest BCUT2D eigenvalue weighted by Gasteiger charge is 2.07. The molecule has 1 rings (SSSR count). The molecule has 0 aliphatic carbocycles. The number of hydrogen-bond donors (Lipinski definition) is 1. The molecule has 1 aliphatic rings. The summed E-state index contributed by atoms with van der Waals surface area (Å²) < 4.78 is 0. The lowest BCUT2D eigenvalue weighted by molar-refractivity contribution is 0.181. The summed E-state index contributed by atoms with van der Waals surface area (Å²) in [6.45, 7) is 14.7. The molecule has 3 heteroatoms. The summed E-state index contributed by atoms with van der Waals surface area (Å²) in [5, 5.41) is 3.08. The molecule has 1 unspecified atom stereocenters. The minimum Gasteiger partial charge on any atom is -0.314 e. The molecule has 0 aromatic heterocycles. The molecule has 0 saturated carbocycles. The third kappa shape index (κ3) is 11.9. The van der Waals surface area contributed by atoms with Gasteiger partial charge in [-0.15, -0.1) is 6.58 Å². The van der Waals surface area contributed by atoms with E-state index < -0.39 is 0 Å². The zero-order chi connectivity index (χ0) is 13.7. The molecule has 1 fully saturated rings. The predicted octanol–water partition coefficient (Wildman–Crippen LogP) is 2.06. The van der Waals surface area contributed by atoms with Crippen LogP contribution in [0.3, 0.4) is 0 Å². The minimum absolute atomic E-state index is 0.500. The van der Waals surface area contributed by atoms with Crippen molar-refractivity contribution in [3.63, 3.8) is 0 Å². The second-order valence-electron chi connectivity index (χ2n) is 4.15. The van der Waals surface area contributed by atoms with Crippen LogP contribution >= 0.6 is 0 Å². The number of rotatable bonds is 3. The lowest BCUT2D eigenvalue weighted by atomic mass is 10.2.